The van der Waals surface area contributed by atoms with Crippen molar-refractivity contribution in [1.82, 2.24) is 4.98 Å². The SMILES string of the molecule is Cc1ccc2c(c1)CC(C)(CC(=O)c1cccc3cccnc13)O2. The summed E-state index contributed by atoms with van der Waals surface area (Å²) >= 11 is 0. The molecule has 2 heterocycles. The number of carbonyl (C=O) groups excluding carboxylic acids is 1. The predicted octanol–water partition coefficient (Wildman–Crippen LogP) is 4.51. The average molecular weight is 317 g/mol. The van der Waals surface area contributed by atoms with Gasteiger partial charge in [0.1, 0.15) is 11.4 Å². The van der Waals surface area contributed by atoms with Crippen molar-refractivity contribution in [2.24, 2.45) is 0 Å². The van der Waals surface area contributed by atoms with Crippen LogP contribution in [0.4, 0.5) is 0 Å². The van der Waals surface area contributed by atoms with Crippen molar-refractivity contribution in [1.29, 1.82) is 0 Å². The molecule has 1 aromatic heterocycles. The summed E-state index contributed by atoms with van der Waals surface area (Å²) in [6.07, 6.45) is 2.83. The molecule has 0 saturated carbocycles. The van der Waals surface area contributed by atoms with Gasteiger partial charge in [-0.05, 0) is 37.6 Å². The van der Waals surface area contributed by atoms with Crippen molar-refractivity contribution in [2.75, 3.05) is 0 Å². The molecule has 0 aliphatic carbocycles. The first-order valence-corrected chi connectivity index (χ1v) is 8.20. The molecule has 0 amide bonds. The highest BCUT2D eigenvalue weighted by Crippen LogP contribution is 2.38. The minimum atomic E-state index is -0.496. The zero-order chi connectivity index (χ0) is 16.7. The van der Waals surface area contributed by atoms with E-state index in [9.17, 15) is 4.79 Å². The van der Waals surface area contributed by atoms with Crippen LogP contribution in [0.3, 0.4) is 0 Å². The number of hydrogen-bond acceptors (Lipinski definition) is 3. The molecule has 2 aromatic carbocycles. The first-order chi connectivity index (χ1) is 11.5. The molecule has 120 valence electrons. The molecule has 1 unspecified atom stereocenters. The largest absolute Gasteiger partial charge is 0.486 e. The first kappa shape index (κ1) is 14.9. The molecule has 1 aliphatic heterocycles. The van der Waals surface area contributed by atoms with Gasteiger partial charge in [0, 0.05) is 23.6 Å². The quantitative estimate of drug-likeness (QED) is 0.667. The Hall–Kier alpha value is -2.68. The summed E-state index contributed by atoms with van der Waals surface area (Å²) in [5, 5.41) is 0.986. The molecule has 0 saturated heterocycles. The second-order valence-corrected chi connectivity index (χ2v) is 6.82. The molecule has 24 heavy (non-hydrogen) atoms. The molecule has 3 heteroatoms. The number of ketones is 1. The fourth-order valence-electron chi connectivity index (χ4n) is 3.51. The number of fused-ring (bicyclic) bond motifs is 2. The van der Waals surface area contributed by atoms with Gasteiger partial charge in [-0.3, -0.25) is 9.78 Å². The number of rotatable bonds is 3. The lowest BCUT2D eigenvalue weighted by atomic mass is 9.90. The first-order valence-electron chi connectivity index (χ1n) is 8.20. The van der Waals surface area contributed by atoms with Crippen molar-refractivity contribution >= 4 is 16.7 Å². The van der Waals surface area contributed by atoms with Crippen molar-refractivity contribution < 1.29 is 9.53 Å². The molecule has 0 bridgehead atoms. The Morgan fingerprint density at radius 1 is 1.21 bits per heavy atom. The Kier molecular flexibility index (Phi) is 3.38. The van der Waals surface area contributed by atoms with Crippen LogP contribution in [0.15, 0.2) is 54.7 Å². The summed E-state index contributed by atoms with van der Waals surface area (Å²) < 4.78 is 6.11. The number of ether oxygens (including phenoxy) is 1. The van der Waals surface area contributed by atoms with Crippen molar-refractivity contribution in [2.45, 2.75) is 32.3 Å². The van der Waals surface area contributed by atoms with Gasteiger partial charge in [-0.25, -0.2) is 0 Å². The standard InChI is InChI=1S/C21H19NO2/c1-14-8-9-19-16(11-14)12-21(2,24-19)13-18(23)17-7-3-5-15-6-4-10-22-20(15)17/h3-11H,12-13H2,1-2H3. The van der Waals surface area contributed by atoms with E-state index in [1.54, 1.807) is 6.20 Å². The second kappa shape index (κ2) is 5.45. The molecule has 3 aromatic rings. The van der Waals surface area contributed by atoms with Gasteiger partial charge in [0.25, 0.3) is 0 Å². The number of Topliss-reactive ketones (excluding diaryl/α,β-unsaturated/α-hetero) is 1. The van der Waals surface area contributed by atoms with E-state index in [2.05, 4.69) is 18.0 Å². The van der Waals surface area contributed by atoms with Crippen LogP contribution in [0.2, 0.25) is 0 Å². The Morgan fingerprint density at radius 2 is 2.04 bits per heavy atom. The topological polar surface area (TPSA) is 39.2 Å². The fraction of sp³-hybridized carbons (Fsp3) is 0.238. The number of aryl methyl sites for hydroxylation is 1. The number of hydrogen-bond donors (Lipinski definition) is 0. The minimum Gasteiger partial charge on any atom is -0.486 e. The predicted molar refractivity (Wildman–Crippen MR) is 94.6 cm³/mol. The Morgan fingerprint density at radius 3 is 2.92 bits per heavy atom. The molecule has 0 N–H and O–H groups in total. The van der Waals surface area contributed by atoms with Crippen LogP contribution >= 0.6 is 0 Å². The number of aromatic nitrogens is 1. The van der Waals surface area contributed by atoms with Crippen molar-refractivity contribution in [3.05, 3.63) is 71.4 Å². The van der Waals surface area contributed by atoms with E-state index < -0.39 is 5.60 Å². The number of pyridine rings is 1. The Labute approximate surface area is 141 Å². The normalized spacial score (nSPS) is 19.1. The minimum absolute atomic E-state index is 0.0753. The van der Waals surface area contributed by atoms with Gasteiger partial charge >= 0.3 is 0 Å². The molecule has 1 aliphatic rings. The smallest absolute Gasteiger partial charge is 0.169 e. The van der Waals surface area contributed by atoms with Crippen molar-refractivity contribution in [3.63, 3.8) is 0 Å². The Bertz CT molecular complexity index is 942. The summed E-state index contributed by atoms with van der Waals surface area (Å²) in [5.74, 6) is 0.971. The second-order valence-electron chi connectivity index (χ2n) is 6.82. The lowest BCUT2D eigenvalue weighted by Crippen LogP contribution is -2.33. The zero-order valence-electron chi connectivity index (χ0n) is 13.9. The van der Waals surface area contributed by atoms with E-state index in [0.29, 0.717) is 12.0 Å². The van der Waals surface area contributed by atoms with E-state index in [1.807, 2.05) is 49.4 Å². The maximum atomic E-state index is 12.9. The molecular weight excluding hydrogens is 298 g/mol. The van der Waals surface area contributed by atoms with E-state index >= 15 is 0 Å². The summed E-state index contributed by atoms with van der Waals surface area (Å²) in [5.41, 5.74) is 3.34. The number of nitrogens with zero attached hydrogens (tertiary/aromatic N) is 1. The van der Waals surface area contributed by atoms with Crippen LogP contribution in [-0.2, 0) is 6.42 Å². The summed E-state index contributed by atoms with van der Waals surface area (Å²) in [7, 11) is 0. The number of benzene rings is 2. The van der Waals surface area contributed by atoms with Crippen LogP contribution in [0.25, 0.3) is 10.9 Å². The van der Waals surface area contributed by atoms with Gasteiger partial charge in [-0.15, -0.1) is 0 Å². The summed E-state index contributed by atoms with van der Waals surface area (Å²) in [4.78, 5) is 17.3. The molecule has 1 atom stereocenters. The van der Waals surface area contributed by atoms with Crippen LogP contribution in [0, 0.1) is 6.92 Å². The van der Waals surface area contributed by atoms with Gasteiger partial charge in [0.2, 0.25) is 0 Å². The van der Waals surface area contributed by atoms with Gasteiger partial charge in [0.15, 0.2) is 5.78 Å². The highest BCUT2D eigenvalue weighted by atomic mass is 16.5. The van der Waals surface area contributed by atoms with Crippen LogP contribution in [0.1, 0.15) is 34.8 Å². The maximum absolute atomic E-state index is 12.9. The van der Waals surface area contributed by atoms with E-state index in [-0.39, 0.29) is 5.78 Å². The highest BCUT2D eigenvalue weighted by molar-refractivity contribution is 6.07. The number of para-hydroxylation sites is 1. The maximum Gasteiger partial charge on any atom is 0.169 e. The Balaban J connectivity index is 1.62. The number of carbonyl (C=O) groups is 1. The molecule has 3 nitrogen and oxygen atoms in total. The zero-order valence-corrected chi connectivity index (χ0v) is 13.9. The van der Waals surface area contributed by atoms with Gasteiger partial charge < -0.3 is 4.74 Å². The molecule has 0 fully saturated rings. The van der Waals surface area contributed by atoms with E-state index in [0.717, 1.165) is 23.1 Å². The molecule has 4 rings (SSSR count). The average Bonchev–Trinajstić information content (AvgIpc) is 2.89. The summed E-state index contributed by atoms with van der Waals surface area (Å²) in [6, 6.07) is 15.8. The van der Waals surface area contributed by atoms with Gasteiger partial charge in [0.05, 0.1) is 11.9 Å². The molecule has 0 radical (unpaired) electrons. The van der Waals surface area contributed by atoms with Crippen LogP contribution < -0.4 is 4.74 Å². The third-order valence-electron chi connectivity index (χ3n) is 4.60. The van der Waals surface area contributed by atoms with Crippen molar-refractivity contribution in [3.8, 4) is 5.75 Å². The monoisotopic (exact) mass is 317 g/mol. The summed E-state index contributed by atoms with van der Waals surface area (Å²) in [6.45, 7) is 4.08. The molecular formula is C21H19NO2. The lowest BCUT2D eigenvalue weighted by molar-refractivity contribution is 0.0744. The fourth-order valence-corrected chi connectivity index (χ4v) is 3.51. The van der Waals surface area contributed by atoms with Crippen LogP contribution in [0.5, 0.6) is 5.75 Å². The highest BCUT2D eigenvalue weighted by Gasteiger charge is 2.37. The lowest BCUT2D eigenvalue weighted by Gasteiger charge is -2.23. The van der Waals surface area contributed by atoms with Gasteiger partial charge in [-0.2, -0.15) is 0 Å². The van der Waals surface area contributed by atoms with Gasteiger partial charge in [-0.1, -0.05) is 35.9 Å². The third-order valence-corrected chi connectivity index (χ3v) is 4.60. The third kappa shape index (κ3) is 2.56. The van der Waals surface area contributed by atoms with Crippen LogP contribution in [-0.4, -0.2) is 16.4 Å². The van der Waals surface area contributed by atoms with E-state index in [1.165, 1.54) is 11.1 Å². The van der Waals surface area contributed by atoms with E-state index in [4.69, 9.17) is 4.74 Å². The molecule has 0 spiro atoms.